The SMILES string of the molecule is CCCNC1(CO)CCCC(Sc2ccc(F)c(F)c2)C1. The van der Waals surface area contributed by atoms with Gasteiger partial charge in [0.15, 0.2) is 11.6 Å². The highest BCUT2D eigenvalue weighted by atomic mass is 32.2. The molecule has 1 fully saturated rings. The monoisotopic (exact) mass is 315 g/mol. The van der Waals surface area contributed by atoms with Crippen LogP contribution in [0.15, 0.2) is 23.1 Å². The Kier molecular flexibility index (Phi) is 6.02. The van der Waals surface area contributed by atoms with E-state index in [9.17, 15) is 13.9 Å². The zero-order chi connectivity index (χ0) is 15.3. The summed E-state index contributed by atoms with van der Waals surface area (Å²) < 4.78 is 26.2. The Balaban J connectivity index is 2.01. The fraction of sp³-hybridized carbons (Fsp3) is 0.625. The minimum Gasteiger partial charge on any atom is -0.394 e. The normalized spacial score (nSPS) is 26.0. The van der Waals surface area contributed by atoms with E-state index in [1.165, 1.54) is 12.1 Å². The second-order valence-electron chi connectivity index (χ2n) is 5.78. The molecule has 0 heterocycles. The van der Waals surface area contributed by atoms with Crippen molar-refractivity contribution in [2.45, 2.75) is 54.7 Å². The van der Waals surface area contributed by atoms with Crippen molar-refractivity contribution in [3.8, 4) is 0 Å². The van der Waals surface area contributed by atoms with Crippen molar-refractivity contribution >= 4 is 11.8 Å². The van der Waals surface area contributed by atoms with Crippen molar-refractivity contribution in [1.82, 2.24) is 5.32 Å². The predicted molar refractivity (Wildman–Crippen MR) is 82.6 cm³/mol. The number of hydrogen-bond donors (Lipinski definition) is 2. The van der Waals surface area contributed by atoms with Gasteiger partial charge in [-0.15, -0.1) is 11.8 Å². The molecule has 5 heteroatoms. The molecule has 1 aromatic carbocycles. The molecule has 118 valence electrons. The lowest BCUT2D eigenvalue weighted by molar-refractivity contribution is 0.124. The number of aliphatic hydroxyl groups is 1. The molecule has 0 aromatic heterocycles. The van der Waals surface area contributed by atoms with Crippen molar-refractivity contribution in [2.75, 3.05) is 13.2 Å². The predicted octanol–water partition coefficient (Wildman–Crippen LogP) is 3.73. The van der Waals surface area contributed by atoms with Gasteiger partial charge in [0.05, 0.1) is 6.61 Å². The number of benzene rings is 1. The van der Waals surface area contributed by atoms with Crippen molar-refractivity contribution in [3.63, 3.8) is 0 Å². The third-order valence-corrected chi connectivity index (χ3v) is 5.31. The molecule has 1 saturated carbocycles. The highest BCUT2D eigenvalue weighted by Crippen LogP contribution is 2.38. The summed E-state index contributed by atoms with van der Waals surface area (Å²) in [6.07, 6.45) is 4.94. The number of hydrogen-bond acceptors (Lipinski definition) is 3. The van der Waals surface area contributed by atoms with Crippen LogP contribution in [0.1, 0.15) is 39.0 Å². The van der Waals surface area contributed by atoms with Gasteiger partial charge < -0.3 is 10.4 Å². The first-order valence-corrected chi connectivity index (χ1v) is 8.44. The summed E-state index contributed by atoms with van der Waals surface area (Å²) in [7, 11) is 0. The summed E-state index contributed by atoms with van der Waals surface area (Å²) >= 11 is 1.58. The smallest absolute Gasteiger partial charge is 0.159 e. The second kappa shape index (κ2) is 7.56. The molecule has 0 saturated heterocycles. The number of rotatable bonds is 6. The van der Waals surface area contributed by atoms with Gasteiger partial charge in [-0.05, 0) is 50.4 Å². The molecular weight excluding hydrogens is 292 g/mol. The molecule has 1 aliphatic carbocycles. The van der Waals surface area contributed by atoms with Gasteiger partial charge in [-0.25, -0.2) is 8.78 Å². The van der Waals surface area contributed by atoms with Crippen LogP contribution in [0.25, 0.3) is 0 Å². The third kappa shape index (κ3) is 4.41. The highest BCUT2D eigenvalue weighted by Gasteiger charge is 2.35. The summed E-state index contributed by atoms with van der Waals surface area (Å²) in [6, 6.07) is 4.06. The van der Waals surface area contributed by atoms with E-state index in [1.54, 1.807) is 17.8 Å². The maximum atomic E-state index is 13.3. The van der Waals surface area contributed by atoms with Crippen LogP contribution < -0.4 is 5.32 Å². The molecule has 0 bridgehead atoms. The van der Waals surface area contributed by atoms with Gasteiger partial charge in [0.1, 0.15) is 0 Å². The topological polar surface area (TPSA) is 32.3 Å². The molecule has 2 rings (SSSR count). The quantitative estimate of drug-likeness (QED) is 0.839. The molecule has 21 heavy (non-hydrogen) atoms. The molecule has 2 N–H and O–H groups in total. The van der Waals surface area contributed by atoms with Crippen LogP contribution in [0, 0.1) is 11.6 Å². The molecule has 0 amide bonds. The van der Waals surface area contributed by atoms with E-state index >= 15 is 0 Å². The number of halogens is 2. The van der Waals surface area contributed by atoms with Gasteiger partial charge in [-0.3, -0.25) is 0 Å². The van der Waals surface area contributed by atoms with Crippen LogP contribution in [-0.4, -0.2) is 29.0 Å². The average Bonchev–Trinajstić information content (AvgIpc) is 2.49. The summed E-state index contributed by atoms with van der Waals surface area (Å²) in [6.45, 7) is 3.12. The standard InChI is InChI=1S/C16H23F2NOS/c1-2-8-19-16(11-20)7-3-4-13(10-16)21-12-5-6-14(17)15(18)9-12/h5-6,9,13,19-20H,2-4,7-8,10-11H2,1H3. The van der Waals surface area contributed by atoms with Gasteiger partial charge in [-0.2, -0.15) is 0 Å². The van der Waals surface area contributed by atoms with Gasteiger partial charge in [-0.1, -0.05) is 13.3 Å². The first-order chi connectivity index (χ1) is 10.1. The molecule has 1 aliphatic rings. The molecular formula is C16H23F2NOS. The third-order valence-electron chi connectivity index (χ3n) is 4.05. The maximum absolute atomic E-state index is 13.3. The fourth-order valence-corrected chi connectivity index (χ4v) is 4.29. The summed E-state index contributed by atoms with van der Waals surface area (Å²) in [4.78, 5) is 0.753. The Morgan fingerprint density at radius 1 is 1.38 bits per heavy atom. The Hall–Kier alpha value is -0.650. The lowest BCUT2D eigenvalue weighted by atomic mass is 9.82. The minimum absolute atomic E-state index is 0.127. The number of thioether (sulfide) groups is 1. The van der Waals surface area contributed by atoms with E-state index in [1.807, 2.05) is 0 Å². The Morgan fingerprint density at radius 3 is 2.86 bits per heavy atom. The van der Waals surface area contributed by atoms with E-state index in [-0.39, 0.29) is 12.1 Å². The molecule has 0 radical (unpaired) electrons. The molecule has 2 atom stereocenters. The Morgan fingerprint density at radius 2 is 2.19 bits per heavy atom. The lowest BCUT2D eigenvalue weighted by Crippen LogP contribution is -2.52. The van der Waals surface area contributed by atoms with Crippen molar-refractivity contribution in [2.24, 2.45) is 0 Å². The lowest BCUT2D eigenvalue weighted by Gasteiger charge is -2.40. The van der Waals surface area contributed by atoms with E-state index in [4.69, 9.17) is 0 Å². The van der Waals surface area contributed by atoms with Crippen LogP contribution in [0.5, 0.6) is 0 Å². The van der Waals surface area contributed by atoms with Gasteiger partial charge >= 0.3 is 0 Å². The zero-order valence-corrected chi connectivity index (χ0v) is 13.2. The number of aliphatic hydroxyl groups excluding tert-OH is 1. The van der Waals surface area contributed by atoms with E-state index in [2.05, 4.69) is 12.2 Å². The first-order valence-electron chi connectivity index (χ1n) is 7.56. The maximum Gasteiger partial charge on any atom is 0.159 e. The summed E-state index contributed by atoms with van der Waals surface area (Å²) in [5, 5.41) is 13.5. The Bertz CT molecular complexity index is 472. The first kappa shape index (κ1) is 16.7. The van der Waals surface area contributed by atoms with Gasteiger partial charge in [0.25, 0.3) is 0 Å². The van der Waals surface area contributed by atoms with E-state index < -0.39 is 11.6 Å². The van der Waals surface area contributed by atoms with Crippen LogP contribution in [0.2, 0.25) is 0 Å². The summed E-state index contributed by atoms with van der Waals surface area (Å²) in [5.74, 6) is -1.61. The highest BCUT2D eigenvalue weighted by molar-refractivity contribution is 8.00. The second-order valence-corrected chi connectivity index (χ2v) is 7.15. The molecule has 0 spiro atoms. The largest absolute Gasteiger partial charge is 0.394 e. The van der Waals surface area contributed by atoms with E-state index in [0.717, 1.165) is 43.5 Å². The van der Waals surface area contributed by atoms with Gasteiger partial charge in [0.2, 0.25) is 0 Å². The van der Waals surface area contributed by atoms with Crippen molar-refractivity contribution < 1.29 is 13.9 Å². The molecule has 0 aliphatic heterocycles. The van der Waals surface area contributed by atoms with Crippen LogP contribution in [-0.2, 0) is 0 Å². The molecule has 1 aromatic rings. The van der Waals surface area contributed by atoms with Crippen molar-refractivity contribution in [1.29, 1.82) is 0 Å². The van der Waals surface area contributed by atoms with Crippen molar-refractivity contribution in [3.05, 3.63) is 29.8 Å². The fourth-order valence-electron chi connectivity index (χ4n) is 2.90. The van der Waals surface area contributed by atoms with Gasteiger partial charge in [0, 0.05) is 15.7 Å². The van der Waals surface area contributed by atoms with E-state index in [0.29, 0.717) is 5.25 Å². The molecule has 2 unspecified atom stereocenters. The summed E-state index contributed by atoms with van der Waals surface area (Å²) in [5.41, 5.74) is -0.218. The Labute approximate surface area is 129 Å². The zero-order valence-electron chi connectivity index (χ0n) is 12.4. The van der Waals surface area contributed by atoms with Crippen LogP contribution in [0.4, 0.5) is 8.78 Å². The van der Waals surface area contributed by atoms with Crippen LogP contribution >= 0.6 is 11.8 Å². The van der Waals surface area contributed by atoms with Crippen LogP contribution in [0.3, 0.4) is 0 Å². The minimum atomic E-state index is -0.808. The average molecular weight is 315 g/mol. The molecule has 2 nitrogen and oxygen atoms in total. The number of nitrogens with one attached hydrogen (secondary N) is 1.